The second-order valence-corrected chi connectivity index (χ2v) is 5.35. The molecule has 1 aromatic heterocycles. The highest BCUT2D eigenvalue weighted by Crippen LogP contribution is 2.13. The largest absolute Gasteiger partial charge is 0.340 e. The maximum absolute atomic E-state index is 12.3. The summed E-state index contributed by atoms with van der Waals surface area (Å²) in [6.07, 6.45) is 4.15. The Hall–Kier alpha value is -1.88. The summed E-state index contributed by atoms with van der Waals surface area (Å²) in [6, 6.07) is 8.35. The van der Waals surface area contributed by atoms with E-state index in [4.69, 9.17) is 0 Å². The van der Waals surface area contributed by atoms with Crippen LogP contribution in [-0.2, 0) is 11.3 Å². The molecule has 0 aliphatic carbocycles. The smallest absolute Gasteiger partial charge is 0.244 e. The summed E-state index contributed by atoms with van der Waals surface area (Å²) >= 11 is 0. The summed E-state index contributed by atoms with van der Waals surface area (Å²) in [4.78, 5) is 14.3. The fourth-order valence-electron chi connectivity index (χ4n) is 2.77. The molecule has 0 radical (unpaired) electrons. The summed E-state index contributed by atoms with van der Waals surface area (Å²) < 4.78 is 1.75. The molecule has 1 amide bonds. The lowest BCUT2D eigenvalue weighted by Gasteiger charge is -2.32. The summed E-state index contributed by atoms with van der Waals surface area (Å²) in [5, 5.41) is 8.77. The van der Waals surface area contributed by atoms with E-state index in [2.05, 4.69) is 10.4 Å². The Bertz CT molecular complexity index is 574. The zero-order chi connectivity index (χ0) is 13.9. The van der Waals surface area contributed by atoms with Gasteiger partial charge in [0, 0.05) is 30.7 Å². The molecular formula is C15H20N4O. The Morgan fingerprint density at radius 2 is 2.30 bits per heavy atom. The molecule has 1 saturated heterocycles. The molecule has 1 aliphatic heterocycles. The number of nitrogens with one attached hydrogen (secondary N) is 1. The second kappa shape index (κ2) is 5.63. The van der Waals surface area contributed by atoms with Crippen molar-refractivity contribution in [3.05, 3.63) is 30.5 Å². The number of benzene rings is 1. The number of aromatic nitrogens is 2. The number of carbonyl (C=O) groups is 1. The zero-order valence-electron chi connectivity index (χ0n) is 11.7. The van der Waals surface area contributed by atoms with Crippen molar-refractivity contribution in [2.24, 2.45) is 0 Å². The van der Waals surface area contributed by atoms with Gasteiger partial charge in [0.15, 0.2) is 0 Å². The first-order valence-corrected chi connectivity index (χ1v) is 7.13. The molecule has 1 aromatic carbocycles. The molecule has 2 heterocycles. The highest BCUT2D eigenvalue weighted by Gasteiger charge is 2.22. The van der Waals surface area contributed by atoms with Crippen LogP contribution in [0.5, 0.6) is 0 Å². The average molecular weight is 272 g/mol. The van der Waals surface area contributed by atoms with Gasteiger partial charge in [0.1, 0.15) is 6.54 Å². The number of likely N-dealkylation sites (tertiary alicyclic amines) is 1. The molecule has 106 valence electrons. The van der Waals surface area contributed by atoms with Crippen molar-refractivity contribution in [1.29, 1.82) is 0 Å². The molecule has 1 aliphatic rings. The van der Waals surface area contributed by atoms with Crippen molar-refractivity contribution in [3.8, 4) is 0 Å². The first kappa shape index (κ1) is 13.1. The quantitative estimate of drug-likeness (QED) is 0.915. The minimum Gasteiger partial charge on any atom is -0.340 e. The monoisotopic (exact) mass is 272 g/mol. The van der Waals surface area contributed by atoms with E-state index in [-0.39, 0.29) is 5.91 Å². The van der Waals surface area contributed by atoms with E-state index in [0.717, 1.165) is 36.8 Å². The number of rotatable bonds is 3. The van der Waals surface area contributed by atoms with Crippen LogP contribution in [0.3, 0.4) is 0 Å². The summed E-state index contributed by atoms with van der Waals surface area (Å²) in [5.74, 6) is 0.151. The van der Waals surface area contributed by atoms with Gasteiger partial charge < -0.3 is 10.2 Å². The third-order valence-electron chi connectivity index (χ3n) is 3.94. The number of hydrogen-bond donors (Lipinski definition) is 1. The fraction of sp³-hybridized carbons (Fsp3) is 0.467. The zero-order valence-corrected chi connectivity index (χ0v) is 11.7. The molecule has 5 nitrogen and oxygen atoms in total. The molecule has 1 atom stereocenters. The molecule has 1 unspecified atom stereocenters. The van der Waals surface area contributed by atoms with Gasteiger partial charge in [-0.05, 0) is 26.0 Å². The number of hydrogen-bond acceptors (Lipinski definition) is 3. The third kappa shape index (κ3) is 2.67. The lowest BCUT2D eigenvalue weighted by molar-refractivity contribution is -0.133. The van der Waals surface area contributed by atoms with Gasteiger partial charge in [0.2, 0.25) is 5.91 Å². The second-order valence-electron chi connectivity index (χ2n) is 5.35. The van der Waals surface area contributed by atoms with Gasteiger partial charge in [-0.15, -0.1) is 0 Å². The van der Waals surface area contributed by atoms with E-state index in [1.54, 1.807) is 4.68 Å². The van der Waals surface area contributed by atoms with E-state index < -0.39 is 0 Å². The van der Waals surface area contributed by atoms with Crippen LogP contribution >= 0.6 is 0 Å². The molecule has 0 saturated carbocycles. The Morgan fingerprint density at radius 3 is 3.10 bits per heavy atom. The highest BCUT2D eigenvalue weighted by atomic mass is 16.2. The van der Waals surface area contributed by atoms with Gasteiger partial charge in [0.05, 0.1) is 5.52 Å². The average Bonchev–Trinajstić information content (AvgIpc) is 2.89. The van der Waals surface area contributed by atoms with Crippen molar-refractivity contribution in [1.82, 2.24) is 20.0 Å². The molecule has 1 N–H and O–H groups in total. The van der Waals surface area contributed by atoms with Crippen LogP contribution in [0.4, 0.5) is 0 Å². The summed E-state index contributed by atoms with van der Waals surface area (Å²) in [6.45, 7) is 1.99. The van der Waals surface area contributed by atoms with Gasteiger partial charge in [-0.1, -0.05) is 18.2 Å². The van der Waals surface area contributed by atoms with Crippen molar-refractivity contribution < 1.29 is 4.79 Å². The van der Waals surface area contributed by atoms with Crippen LogP contribution in [-0.4, -0.2) is 46.8 Å². The highest BCUT2D eigenvalue weighted by molar-refractivity contribution is 5.80. The normalized spacial score (nSPS) is 19.4. The minimum absolute atomic E-state index is 0.151. The lowest BCUT2D eigenvalue weighted by Crippen LogP contribution is -2.47. The van der Waals surface area contributed by atoms with E-state index in [9.17, 15) is 4.79 Å². The van der Waals surface area contributed by atoms with E-state index in [1.807, 2.05) is 42.4 Å². The molecule has 0 bridgehead atoms. The maximum Gasteiger partial charge on any atom is 0.244 e. The van der Waals surface area contributed by atoms with Crippen LogP contribution in [0.1, 0.15) is 12.8 Å². The van der Waals surface area contributed by atoms with Crippen molar-refractivity contribution in [2.75, 3.05) is 20.1 Å². The van der Waals surface area contributed by atoms with E-state index in [1.165, 1.54) is 0 Å². The Kier molecular flexibility index (Phi) is 3.69. The SMILES string of the molecule is CNC1CCCN(C(=O)Cn2cc3ccccc3n2)C1. The Labute approximate surface area is 118 Å². The molecule has 1 fully saturated rings. The van der Waals surface area contributed by atoms with Crippen LogP contribution in [0.25, 0.3) is 10.9 Å². The Balaban J connectivity index is 1.68. The number of fused-ring (bicyclic) bond motifs is 1. The predicted octanol–water partition coefficient (Wildman–Crippen LogP) is 1.25. The van der Waals surface area contributed by atoms with Gasteiger partial charge in [-0.3, -0.25) is 9.48 Å². The van der Waals surface area contributed by atoms with Crippen molar-refractivity contribution in [3.63, 3.8) is 0 Å². The summed E-state index contributed by atoms with van der Waals surface area (Å²) in [5.41, 5.74) is 0.937. The molecule has 2 aromatic rings. The predicted molar refractivity (Wildman–Crippen MR) is 78.4 cm³/mol. The maximum atomic E-state index is 12.3. The van der Waals surface area contributed by atoms with Crippen LogP contribution in [0, 0.1) is 0 Å². The van der Waals surface area contributed by atoms with Crippen LogP contribution < -0.4 is 5.32 Å². The minimum atomic E-state index is 0.151. The molecule has 5 heteroatoms. The lowest BCUT2D eigenvalue weighted by atomic mass is 10.1. The van der Waals surface area contributed by atoms with Gasteiger partial charge >= 0.3 is 0 Å². The number of likely N-dealkylation sites (N-methyl/N-ethyl adjacent to an activating group) is 1. The fourth-order valence-corrected chi connectivity index (χ4v) is 2.77. The van der Waals surface area contributed by atoms with Gasteiger partial charge in [0.25, 0.3) is 0 Å². The Morgan fingerprint density at radius 1 is 1.45 bits per heavy atom. The first-order chi connectivity index (χ1) is 9.76. The molecular weight excluding hydrogens is 252 g/mol. The van der Waals surface area contributed by atoms with Gasteiger partial charge in [-0.2, -0.15) is 5.10 Å². The number of piperidine rings is 1. The first-order valence-electron chi connectivity index (χ1n) is 7.13. The third-order valence-corrected chi connectivity index (χ3v) is 3.94. The molecule has 20 heavy (non-hydrogen) atoms. The number of nitrogens with zero attached hydrogens (tertiary/aromatic N) is 3. The summed E-state index contributed by atoms with van der Waals surface area (Å²) in [7, 11) is 1.96. The van der Waals surface area contributed by atoms with E-state index in [0.29, 0.717) is 12.6 Å². The number of amides is 1. The molecule has 0 spiro atoms. The van der Waals surface area contributed by atoms with E-state index >= 15 is 0 Å². The van der Waals surface area contributed by atoms with Crippen LogP contribution in [0.2, 0.25) is 0 Å². The standard InChI is InChI=1S/C15H20N4O/c1-16-13-6-4-8-18(10-13)15(20)11-19-9-12-5-2-3-7-14(12)17-19/h2-3,5,7,9,13,16H,4,6,8,10-11H2,1H3. The van der Waals surface area contributed by atoms with Gasteiger partial charge in [-0.25, -0.2) is 0 Å². The van der Waals surface area contributed by atoms with Crippen LogP contribution in [0.15, 0.2) is 30.5 Å². The van der Waals surface area contributed by atoms with Crippen molar-refractivity contribution >= 4 is 16.8 Å². The topological polar surface area (TPSA) is 50.2 Å². The number of carbonyl (C=O) groups excluding carboxylic acids is 1. The van der Waals surface area contributed by atoms with Crippen molar-refractivity contribution in [2.45, 2.75) is 25.4 Å². The molecule has 3 rings (SSSR count).